The van der Waals surface area contributed by atoms with Crippen LogP contribution in [0.15, 0.2) is 39.3 Å². The van der Waals surface area contributed by atoms with Crippen LogP contribution in [0.25, 0.3) is 0 Å². The fourth-order valence-corrected chi connectivity index (χ4v) is 4.42. The first-order valence-electron chi connectivity index (χ1n) is 11.2. The summed E-state index contributed by atoms with van der Waals surface area (Å²) in [5, 5.41) is 18.4. The lowest BCUT2D eigenvalue weighted by Crippen LogP contribution is -2.35. The van der Waals surface area contributed by atoms with Crippen molar-refractivity contribution in [3.63, 3.8) is 0 Å². The summed E-state index contributed by atoms with van der Waals surface area (Å²) in [5.41, 5.74) is 1.44. The van der Waals surface area contributed by atoms with Crippen LogP contribution in [0.4, 0.5) is 11.4 Å². The van der Waals surface area contributed by atoms with Crippen LogP contribution >= 0.6 is 0 Å². The highest BCUT2D eigenvalue weighted by atomic mass is 16.5. The molecule has 0 saturated heterocycles. The highest BCUT2D eigenvalue weighted by molar-refractivity contribution is 5.94. The molecule has 1 aromatic carbocycles. The number of aromatic hydroxyl groups is 1. The van der Waals surface area contributed by atoms with Gasteiger partial charge in [-0.2, -0.15) is 0 Å². The van der Waals surface area contributed by atoms with Crippen LogP contribution in [-0.4, -0.2) is 21.7 Å². The molecule has 1 saturated carbocycles. The first-order chi connectivity index (χ1) is 15.1. The van der Waals surface area contributed by atoms with Gasteiger partial charge in [0.15, 0.2) is 11.6 Å². The number of hydrogen-bond donors (Lipinski definition) is 1. The van der Waals surface area contributed by atoms with E-state index in [1.165, 1.54) is 7.05 Å². The number of nitrogens with zero attached hydrogens (tertiary/aromatic N) is 3. The lowest BCUT2D eigenvalue weighted by atomic mass is 9.75. The van der Waals surface area contributed by atoms with Gasteiger partial charge in [-0.1, -0.05) is 39.3 Å². The van der Waals surface area contributed by atoms with Gasteiger partial charge in [0, 0.05) is 12.6 Å². The van der Waals surface area contributed by atoms with Crippen molar-refractivity contribution in [2.24, 2.45) is 35.0 Å². The normalized spacial score (nSPS) is 21.3. The summed E-state index contributed by atoms with van der Waals surface area (Å²) in [5.74, 6) is 0.782. The number of carbonyl (C=O) groups is 1. The number of azo groups is 1. The molecule has 3 rings (SSSR count). The van der Waals surface area contributed by atoms with Crippen molar-refractivity contribution in [3.05, 3.63) is 51.3 Å². The van der Waals surface area contributed by atoms with Crippen LogP contribution in [0, 0.1) is 31.6 Å². The van der Waals surface area contributed by atoms with Crippen molar-refractivity contribution in [1.29, 1.82) is 0 Å². The van der Waals surface area contributed by atoms with E-state index in [9.17, 15) is 14.7 Å². The Morgan fingerprint density at radius 1 is 1.16 bits per heavy atom. The average Bonchev–Trinajstić information content (AvgIpc) is 2.76. The SMILES string of the molecule is Cc1c(C)c(O)n(C)c(=O)c1N=Nc1ccccc1C(=O)OC1CC(C)CCC1C(C)C. The lowest BCUT2D eigenvalue weighted by molar-refractivity contribution is -0.0173. The molecule has 7 nitrogen and oxygen atoms in total. The van der Waals surface area contributed by atoms with Gasteiger partial charge in [0.2, 0.25) is 0 Å². The molecule has 1 aliphatic rings. The Balaban J connectivity index is 1.90. The minimum absolute atomic E-state index is 0.100. The summed E-state index contributed by atoms with van der Waals surface area (Å²) in [7, 11) is 1.48. The van der Waals surface area contributed by atoms with Gasteiger partial charge < -0.3 is 9.84 Å². The number of rotatable bonds is 5. The van der Waals surface area contributed by atoms with Crippen molar-refractivity contribution in [2.45, 2.75) is 60.0 Å². The van der Waals surface area contributed by atoms with Crippen molar-refractivity contribution < 1.29 is 14.6 Å². The van der Waals surface area contributed by atoms with Crippen LogP contribution in [0.3, 0.4) is 0 Å². The second kappa shape index (κ2) is 9.67. The number of esters is 1. The van der Waals surface area contributed by atoms with E-state index in [-0.39, 0.29) is 17.7 Å². The average molecular weight is 440 g/mol. The van der Waals surface area contributed by atoms with Crippen molar-refractivity contribution >= 4 is 17.3 Å². The Morgan fingerprint density at radius 2 is 1.84 bits per heavy atom. The molecule has 1 heterocycles. The highest BCUT2D eigenvalue weighted by Crippen LogP contribution is 2.36. The molecule has 1 fully saturated rings. The fourth-order valence-electron chi connectivity index (χ4n) is 4.42. The molecule has 3 unspecified atom stereocenters. The van der Waals surface area contributed by atoms with Crippen molar-refractivity contribution in [2.75, 3.05) is 0 Å². The molecule has 0 radical (unpaired) electrons. The van der Waals surface area contributed by atoms with Gasteiger partial charge >= 0.3 is 5.97 Å². The third-order valence-corrected chi connectivity index (χ3v) is 6.68. The van der Waals surface area contributed by atoms with Crippen LogP contribution < -0.4 is 5.56 Å². The van der Waals surface area contributed by atoms with Gasteiger partial charge in [-0.15, -0.1) is 10.2 Å². The summed E-state index contributed by atoms with van der Waals surface area (Å²) < 4.78 is 7.11. The predicted molar refractivity (Wildman–Crippen MR) is 124 cm³/mol. The maximum Gasteiger partial charge on any atom is 0.340 e. The first kappa shape index (κ1) is 23.7. The number of hydrogen-bond acceptors (Lipinski definition) is 6. The number of ether oxygens (including phenoxy) is 1. The minimum atomic E-state index is -0.453. The number of benzene rings is 1. The molecule has 2 aromatic rings. The smallest absolute Gasteiger partial charge is 0.340 e. The molecule has 32 heavy (non-hydrogen) atoms. The summed E-state index contributed by atoms with van der Waals surface area (Å²) >= 11 is 0. The molecule has 1 N–H and O–H groups in total. The van der Waals surface area contributed by atoms with E-state index in [0.717, 1.165) is 23.8 Å². The van der Waals surface area contributed by atoms with Crippen molar-refractivity contribution in [1.82, 2.24) is 4.57 Å². The highest BCUT2D eigenvalue weighted by Gasteiger charge is 2.34. The van der Waals surface area contributed by atoms with Gasteiger partial charge in [-0.05, 0) is 62.1 Å². The molecule has 7 heteroatoms. The number of carbonyl (C=O) groups excluding carboxylic acids is 1. The molecule has 0 spiro atoms. The van der Waals surface area contributed by atoms with E-state index in [1.54, 1.807) is 38.1 Å². The largest absolute Gasteiger partial charge is 0.494 e. The zero-order valence-electron chi connectivity index (χ0n) is 19.8. The third-order valence-electron chi connectivity index (χ3n) is 6.68. The van der Waals surface area contributed by atoms with Gasteiger partial charge in [0.1, 0.15) is 11.8 Å². The number of aromatic nitrogens is 1. The quantitative estimate of drug-likeness (QED) is 0.475. The standard InChI is InChI=1S/C25H33N3O4/c1-14(2)18-12-11-15(3)13-21(18)32-25(31)19-9-7-8-10-20(19)26-27-22-16(4)17(5)23(29)28(6)24(22)30/h7-10,14-15,18,21,29H,11-13H2,1-6H3. The Labute approximate surface area is 189 Å². The van der Waals surface area contributed by atoms with E-state index in [1.807, 2.05) is 0 Å². The molecular formula is C25H33N3O4. The second-order valence-corrected chi connectivity index (χ2v) is 9.27. The van der Waals surface area contributed by atoms with Gasteiger partial charge in [-0.3, -0.25) is 9.36 Å². The molecular weight excluding hydrogens is 406 g/mol. The van der Waals surface area contributed by atoms with E-state index < -0.39 is 11.5 Å². The maximum atomic E-state index is 13.1. The topological polar surface area (TPSA) is 93.3 Å². The molecule has 0 aliphatic heterocycles. The molecule has 0 amide bonds. The van der Waals surface area contributed by atoms with E-state index in [2.05, 4.69) is 31.0 Å². The first-order valence-corrected chi connectivity index (χ1v) is 11.2. The molecule has 0 bridgehead atoms. The van der Waals surface area contributed by atoms with Crippen molar-refractivity contribution in [3.8, 4) is 5.88 Å². The Morgan fingerprint density at radius 3 is 2.53 bits per heavy atom. The summed E-state index contributed by atoms with van der Waals surface area (Å²) in [6.07, 6.45) is 2.95. The van der Waals surface area contributed by atoms with Crippen LogP contribution in [0.5, 0.6) is 5.88 Å². The van der Waals surface area contributed by atoms with Gasteiger partial charge in [-0.25, -0.2) is 4.79 Å². The second-order valence-electron chi connectivity index (χ2n) is 9.27. The summed E-state index contributed by atoms with van der Waals surface area (Å²) in [6, 6.07) is 6.86. The molecule has 172 valence electrons. The molecule has 1 aromatic heterocycles. The maximum absolute atomic E-state index is 13.1. The Bertz CT molecular complexity index is 1090. The Kier molecular flexibility index (Phi) is 7.16. The van der Waals surface area contributed by atoms with Crippen LogP contribution in [0.1, 0.15) is 61.5 Å². The predicted octanol–water partition coefficient (Wildman–Crippen LogP) is 5.74. The molecule has 1 aliphatic carbocycles. The Hall–Kier alpha value is -2.96. The van der Waals surface area contributed by atoms with Crippen LogP contribution in [-0.2, 0) is 11.8 Å². The summed E-state index contributed by atoms with van der Waals surface area (Å²) in [4.78, 5) is 25.6. The summed E-state index contributed by atoms with van der Waals surface area (Å²) in [6.45, 7) is 9.96. The van der Waals surface area contributed by atoms with Crippen LogP contribution in [0.2, 0.25) is 0 Å². The van der Waals surface area contributed by atoms with E-state index in [4.69, 9.17) is 4.74 Å². The minimum Gasteiger partial charge on any atom is -0.494 e. The van der Waals surface area contributed by atoms with E-state index in [0.29, 0.717) is 40.1 Å². The van der Waals surface area contributed by atoms with E-state index >= 15 is 0 Å². The monoisotopic (exact) mass is 439 g/mol. The van der Waals surface area contributed by atoms with Gasteiger partial charge in [0.25, 0.3) is 5.56 Å². The lowest BCUT2D eigenvalue weighted by Gasteiger charge is -2.36. The zero-order chi connectivity index (χ0) is 23.6. The number of pyridine rings is 1. The fraction of sp³-hybridized carbons (Fsp3) is 0.520. The van der Waals surface area contributed by atoms with Gasteiger partial charge in [0.05, 0.1) is 5.56 Å². The zero-order valence-corrected chi connectivity index (χ0v) is 19.8. The third kappa shape index (κ3) is 4.76. The molecule has 3 atom stereocenters.